The zero-order valence-corrected chi connectivity index (χ0v) is 12.0. The lowest BCUT2D eigenvalue weighted by atomic mass is 9.79. The molecule has 1 atom stereocenters. The van der Waals surface area contributed by atoms with Gasteiger partial charge < -0.3 is 4.57 Å². The van der Waals surface area contributed by atoms with E-state index in [1.54, 1.807) is 0 Å². The van der Waals surface area contributed by atoms with Crippen molar-refractivity contribution < 1.29 is 0 Å². The quantitative estimate of drug-likeness (QED) is 0.745. The molecule has 1 spiro atoms. The van der Waals surface area contributed by atoms with Crippen molar-refractivity contribution in [2.75, 3.05) is 5.75 Å². The number of nitrogens with zero attached hydrogens (tertiary/aromatic N) is 3. The van der Waals surface area contributed by atoms with E-state index in [2.05, 4.69) is 27.8 Å². The number of hydrogen-bond donors (Lipinski definition) is 0. The molecule has 0 saturated heterocycles. The van der Waals surface area contributed by atoms with Crippen LogP contribution in [0.2, 0.25) is 0 Å². The Bertz CT molecular complexity index is 709. The van der Waals surface area contributed by atoms with E-state index >= 15 is 0 Å². The topological polar surface area (TPSA) is 41.6 Å². The largest absolute Gasteiger partial charge is 0.332 e. The van der Waals surface area contributed by atoms with Gasteiger partial charge in [0.15, 0.2) is 0 Å². The maximum atomic E-state index is 9.10. The third-order valence-corrected chi connectivity index (χ3v) is 5.96. The summed E-state index contributed by atoms with van der Waals surface area (Å²) < 4.78 is 2.35. The van der Waals surface area contributed by atoms with E-state index in [0.29, 0.717) is 0 Å². The number of thioether (sulfide) groups is 1. The molecule has 1 aromatic heterocycles. The van der Waals surface area contributed by atoms with E-state index in [1.807, 2.05) is 30.4 Å². The summed E-state index contributed by atoms with van der Waals surface area (Å²) in [6.45, 7) is 1.05. The average Bonchev–Trinajstić information content (AvgIpc) is 2.97. The molecule has 0 N–H and O–H groups in total. The molecule has 3 nitrogen and oxygen atoms in total. The SMILES string of the molecule is N#Cc1ccc2c(c1)CCCC21SCCn2cncc21. The first kappa shape index (κ1) is 12.0. The van der Waals surface area contributed by atoms with E-state index in [1.165, 1.54) is 29.7 Å². The van der Waals surface area contributed by atoms with Gasteiger partial charge in [-0.15, -0.1) is 11.8 Å². The van der Waals surface area contributed by atoms with Crippen molar-refractivity contribution in [1.82, 2.24) is 9.55 Å². The van der Waals surface area contributed by atoms with E-state index in [9.17, 15) is 0 Å². The Balaban J connectivity index is 1.94. The molecule has 2 aromatic rings. The lowest BCUT2D eigenvalue weighted by Gasteiger charge is -2.42. The van der Waals surface area contributed by atoms with E-state index in [-0.39, 0.29) is 4.75 Å². The summed E-state index contributed by atoms with van der Waals surface area (Å²) in [7, 11) is 0. The normalized spacial score (nSPS) is 23.9. The van der Waals surface area contributed by atoms with Crippen LogP contribution >= 0.6 is 11.8 Å². The van der Waals surface area contributed by atoms with Crippen LogP contribution in [0.25, 0.3) is 0 Å². The van der Waals surface area contributed by atoms with Crippen LogP contribution in [0.15, 0.2) is 30.7 Å². The number of aromatic nitrogens is 2. The Morgan fingerprint density at radius 1 is 1.40 bits per heavy atom. The predicted octanol–water partition coefficient (Wildman–Crippen LogP) is 3.08. The molecule has 20 heavy (non-hydrogen) atoms. The Morgan fingerprint density at radius 2 is 2.35 bits per heavy atom. The summed E-state index contributed by atoms with van der Waals surface area (Å²) in [6, 6.07) is 8.46. The van der Waals surface area contributed by atoms with Crippen molar-refractivity contribution in [1.29, 1.82) is 5.26 Å². The molecule has 1 aliphatic heterocycles. The van der Waals surface area contributed by atoms with Gasteiger partial charge in [-0.3, -0.25) is 0 Å². The molecule has 4 heteroatoms. The Hall–Kier alpha value is -1.73. The molecule has 1 aliphatic carbocycles. The van der Waals surface area contributed by atoms with Crippen molar-refractivity contribution in [3.8, 4) is 6.07 Å². The van der Waals surface area contributed by atoms with Gasteiger partial charge in [0.2, 0.25) is 0 Å². The molecule has 0 fully saturated rings. The van der Waals surface area contributed by atoms with Crippen LogP contribution in [-0.4, -0.2) is 15.3 Å². The first-order valence-electron chi connectivity index (χ1n) is 7.01. The van der Waals surface area contributed by atoms with Crippen molar-refractivity contribution in [3.05, 3.63) is 53.1 Å². The highest BCUT2D eigenvalue weighted by Gasteiger charge is 2.42. The highest BCUT2D eigenvalue weighted by Crippen LogP contribution is 2.52. The molecule has 4 rings (SSSR count). The van der Waals surface area contributed by atoms with E-state index < -0.39 is 0 Å². The second-order valence-corrected chi connectivity index (χ2v) is 6.88. The van der Waals surface area contributed by atoms with E-state index in [4.69, 9.17) is 5.26 Å². The number of fused-ring (bicyclic) bond motifs is 4. The van der Waals surface area contributed by atoms with Crippen LogP contribution in [-0.2, 0) is 17.7 Å². The van der Waals surface area contributed by atoms with Gasteiger partial charge in [0.1, 0.15) is 0 Å². The first-order valence-corrected chi connectivity index (χ1v) is 8.00. The third-order valence-electron chi connectivity index (χ3n) is 4.45. The number of rotatable bonds is 0. The summed E-state index contributed by atoms with van der Waals surface area (Å²) in [6.07, 6.45) is 7.41. The average molecular weight is 281 g/mol. The second kappa shape index (κ2) is 4.39. The van der Waals surface area contributed by atoms with Gasteiger partial charge in [0.05, 0.1) is 28.4 Å². The van der Waals surface area contributed by atoms with Gasteiger partial charge in [0, 0.05) is 18.5 Å². The molecule has 2 aliphatic rings. The fourth-order valence-electron chi connectivity index (χ4n) is 3.57. The lowest BCUT2D eigenvalue weighted by molar-refractivity contribution is 0.521. The smallest absolute Gasteiger partial charge is 0.0991 e. The van der Waals surface area contributed by atoms with Crippen LogP contribution in [0, 0.1) is 11.3 Å². The number of benzene rings is 1. The van der Waals surface area contributed by atoms with Crippen molar-refractivity contribution in [3.63, 3.8) is 0 Å². The minimum absolute atomic E-state index is 0.0519. The zero-order valence-electron chi connectivity index (χ0n) is 11.2. The second-order valence-electron chi connectivity index (χ2n) is 5.49. The summed E-state index contributed by atoms with van der Waals surface area (Å²) >= 11 is 2.05. The van der Waals surface area contributed by atoms with Gasteiger partial charge in [-0.05, 0) is 42.5 Å². The molecular weight excluding hydrogens is 266 g/mol. The van der Waals surface area contributed by atoms with Crippen molar-refractivity contribution in [2.45, 2.75) is 30.6 Å². The van der Waals surface area contributed by atoms with Crippen molar-refractivity contribution in [2.24, 2.45) is 0 Å². The maximum absolute atomic E-state index is 9.10. The third kappa shape index (κ3) is 1.56. The number of imidazole rings is 1. The van der Waals surface area contributed by atoms with Gasteiger partial charge in [-0.1, -0.05) is 6.07 Å². The molecule has 1 unspecified atom stereocenters. The van der Waals surface area contributed by atoms with Gasteiger partial charge >= 0.3 is 0 Å². The molecule has 0 saturated carbocycles. The predicted molar refractivity (Wildman–Crippen MR) is 79.6 cm³/mol. The fourth-order valence-corrected chi connectivity index (χ4v) is 5.17. The molecule has 1 aromatic carbocycles. The summed E-state index contributed by atoms with van der Waals surface area (Å²) in [4.78, 5) is 4.36. The fraction of sp³-hybridized carbons (Fsp3) is 0.375. The van der Waals surface area contributed by atoms with Crippen LogP contribution < -0.4 is 0 Å². The number of hydrogen-bond acceptors (Lipinski definition) is 3. The minimum atomic E-state index is 0.0519. The molecule has 2 heterocycles. The van der Waals surface area contributed by atoms with Gasteiger partial charge in [0.25, 0.3) is 0 Å². The van der Waals surface area contributed by atoms with Crippen LogP contribution in [0.4, 0.5) is 0 Å². The molecule has 100 valence electrons. The summed E-state index contributed by atoms with van der Waals surface area (Å²) in [5.41, 5.74) is 4.85. The van der Waals surface area contributed by atoms with Crippen molar-refractivity contribution >= 4 is 11.8 Å². The lowest BCUT2D eigenvalue weighted by Crippen LogP contribution is -2.35. The first-order chi connectivity index (χ1) is 9.83. The Labute approximate surface area is 122 Å². The molecule has 0 bridgehead atoms. The molecular formula is C16H15N3S. The van der Waals surface area contributed by atoms with Gasteiger partial charge in [-0.25, -0.2) is 4.98 Å². The summed E-state index contributed by atoms with van der Waals surface area (Å²) in [5.74, 6) is 1.13. The standard InChI is InChI=1S/C16H15N3S/c17-9-12-3-4-14-13(8-12)2-1-5-16(14)15-10-18-11-19(15)6-7-20-16/h3-4,8,10-11H,1-2,5-7H2. The molecule has 0 radical (unpaired) electrons. The minimum Gasteiger partial charge on any atom is -0.332 e. The summed E-state index contributed by atoms with van der Waals surface area (Å²) in [5, 5.41) is 9.10. The molecule has 0 amide bonds. The van der Waals surface area contributed by atoms with Gasteiger partial charge in [-0.2, -0.15) is 5.26 Å². The number of aryl methyl sites for hydroxylation is 2. The Kier molecular flexibility index (Phi) is 2.64. The maximum Gasteiger partial charge on any atom is 0.0991 e. The Morgan fingerprint density at radius 3 is 3.25 bits per heavy atom. The highest BCUT2D eigenvalue weighted by molar-refractivity contribution is 8.00. The van der Waals surface area contributed by atoms with Crippen LogP contribution in [0.3, 0.4) is 0 Å². The van der Waals surface area contributed by atoms with Crippen LogP contribution in [0.5, 0.6) is 0 Å². The zero-order chi connectivity index (χ0) is 13.6. The number of nitriles is 1. The van der Waals surface area contributed by atoms with Crippen LogP contribution in [0.1, 0.15) is 35.2 Å². The monoisotopic (exact) mass is 281 g/mol. The highest BCUT2D eigenvalue weighted by atomic mass is 32.2. The van der Waals surface area contributed by atoms with E-state index in [0.717, 1.165) is 24.3 Å².